The molecule has 0 amide bonds. The normalized spacial score (nSPS) is 12.6. The average molecular weight is 2180 g/mol. The number of benzene rings is 4. The van der Waals surface area contributed by atoms with Crippen molar-refractivity contribution < 1.29 is 139 Å². The van der Waals surface area contributed by atoms with Gasteiger partial charge in [0.05, 0.1) is 116 Å². The molecule has 0 fully saturated rings. The smallest absolute Gasteiger partial charge is 0.123 e. The van der Waals surface area contributed by atoms with Crippen LogP contribution in [0.4, 0.5) is 17.6 Å². The largest absolute Gasteiger partial charge is 0.393 e. The van der Waals surface area contributed by atoms with Crippen molar-refractivity contribution in [3.8, 4) is 45.6 Å². The Hall–Kier alpha value is -6.88. The van der Waals surface area contributed by atoms with Crippen LogP contribution in [-0.4, -0.2) is 130 Å². The van der Waals surface area contributed by atoms with Crippen molar-refractivity contribution >= 4 is 43.6 Å². The number of hydrogen-bond donors (Lipinski definition) is 8. The molecule has 582 valence electrons. The molecule has 0 saturated heterocycles. The fourth-order valence-corrected chi connectivity index (χ4v) is 10.3. The summed E-state index contributed by atoms with van der Waals surface area (Å²) in [4.78, 5) is 36.0. The van der Waals surface area contributed by atoms with Gasteiger partial charge in [0, 0.05) is 125 Å². The predicted octanol–water partition coefficient (Wildman–Crippen LogP) is 16.4. The molecule has 16 nitrogen and oxygen atoms in total. The van der Waals surface area contributed by atoms with E-state index < -0.39 is 0 Å². The van der Waals surface area contributed by atoms with E-state index in [1.807, 2.05) is 146 Å². The van der Waals surface area contributed by atoms with Gasteiger partial charge < -0.3 is 40.9 Å². The van der Waals surface area contributed by atoms with Gasteiger partial charge in [-0.25, -0.2) is 37.5 Å². The Morgan fingerprint density at radius 2 is 0.589 bits per heavy atom. The molecular weight excluding hydrogens is 2080 g/mol. The SMILES string of the molecule is CC(O)CC(C)O.CC(O)CC(C)O.CC(O)CC(C)O.CC(O)CC(C)O.Cc1cc(C)nc(-c2ccc3cc(F)ccc3n2)c1.Cc1ccc(-c2ccc3cc(F)ccc3n2)nc1C.Cc1ccc(C)c(-c2ccc3cc(F)ccc3n2)n1.Cc1cccnc1-c1ccc2cc(F)ccc2n1.[Ir].[Ir].[Ir].[Ir]. The summed E-state index contributed by atoms with van der Waals surface area (Å²) in [6, 6.07) is 49.3. The third-order valence-electron chi connectivity index (χ3n) is 15.0. The first-order chi connectivity index (χ1) is 48.6. The molecule has 107 heavy (non-hydrogen) atoms. The zero-order valence-electron chi connectivity index (χ0n) is 62.7. The molecule has 8 atom stereocenters. The third-order valence-corrected chi connectivity index (χ3v) is 15.0. The van der Waals surface area contributed by atoms with Gasteiger partial charge in [-0.1, -0.05) is 42.5 Å². The molecular formula is C83H98F4Ir4N8O8. The van der Waals surface area contributed by atoms with E-state index in [1.165, 1.54) is 48.5 Å². The van der Waals surface area contributed by atoms with Gasteiger partial charge in [0.1, 0.15) is 23.3 Å². The molecule has 0 bridgehead atoms. The monoisotopic (exact) mass is 2180 g/mol. The van der Waals surface area contributed by atoms with Crippen molar-refractivity contribution in [1.29, 1.82) is 0 Å². The summed E-state index contributed by atoms with van der Waals surface area (Å²) in [5.74, 6) is -0.976. The molecule has 8 unspecified atom stereocenters. The van der Waals surface area contributed by atoms with Gasteiger partial charge in [-0.15, -0.1) is 0 Å². The van der Waals surface area contributed by atoms with Gasteiger partial charge in [0.15, 0.2) is 0 Å². The van der Waals surface area contributed by atoms with Crippen LogP contribution in [0.2, 0.25) is 0 Å². The van der Waals surface area contributed by atoms with Gasteiger partial charge in [0.25, 0.3) is 0 Å². The standard InChI is InChI=1S/3C16H13FN2.C15H11FN2.4C5H12O2.4Ir/c1-10-3-6-15(18-11(10)2)16-7-4-12-9-13(17)5-8-14(12)19-16;1-10-7-11(2)18-16(8-10)15-5-3-12-9-13(17)4-6-14(12)19-15;1-10-3-4-11(2)18-16(10)15-7-5-12-9-13(17)6-8-14(12)19-15;1-10-3-2-8-17-15(10)14-6-4-11-9-12(16)5-7-13(11)18-14;4*1-4(6)3-5(2)7;;;;/h3*3-9H,1-2H3;2-9H,1H3;4*4-7H,3H2,1-2H3;;;;. The minimum atomic E-state index is -0.375. The number of aliphatic hydroxyl groups is 8. The number of hydrogen-bond acceptors (Lipinski definition) is 16. The number of halogens is 4. The summed E-state index contributed by atoms with van der Waals surface area (Å²) in [7, 11) is 0. The third kappa shape index (κ3) is 35.6. The van der Waals surface area contributed by atoms with Crippen LogP contribution < -0.4 is 0 Å². The number of rotatable bonds is 12. The van der Waals surface area contributed by atoms with Gasteiger partial charge >= 0.3 is 0 Å². The van der Waals surface area contributed by atoms with Crippen LogP contribution >= 0.6 is 0 Å². The molecule has 0 aliphatic rings. The van der Waals surface area contributed by atoms with Crippen LogP contribution in [0.5, 0.6) is 0 Å². The molecule has 24 heteroatoms. The molecule has 12 aromatic rings. The first-order valence-corrected chi connectivity index (χ1v) is 34.1. The van der Waals surface area contributed by atoms with Crippen molar-refractivity contribution in [3.05, 3.63) is 239 Å². The van der Waals surface area contributed by atoms with E-state index in [2.05, 4.69) is 39.9 Å². The topological polar surface area (TPSA) is 265 Å². The number of nitrogens with zero attached hydrogens (tertiary/aromatic N) is 8. The molecule has 0 aliphatic heterocycles. The van der Waals surface area contributed by atoms with E-state index in [1.54, 1.807) is 85.9 Å². The van der Waals surface area contributed by atoms with Crippen LogP contribution in [-0.2, 0) is 80.4 Å². The summed E-state index contributed by atoms with van der Waals surface area (Å²) >= 11 is 0. The van der Waals surface area contributed by atoms with Crippen molar-refractivity contribution in [2.45, 2.75) is 178 Å². The average Bonchev–Trinajstić information content (AvgIpc) is 0.814. The maximum Gasteiger partial charge on any atom is 0.123 e. The van der Waals surface area contributed by atoms with Crippen LogP contribution in [0.25, 0.3) is 89.2 Å². The molecule has 4 aromatic carbocycles. The Morgan fingerprint density at radius 1 is 0.280 bits per heavy atom. The molecule has 8 N–H and O–H groups in total. The zero-order valence-corrected chi connectivity index (χ0v) is 72.3. The molecule has 8 aromatic heterocycles. The molecule has 4 radical (unpaired) electrons. The number of fused-ring (bicyclic) bond motifs is 4. The molecule has 0 aliphatic carbocycles. The maximum atomic E-state index is 13.1. The summed E-state index contributed by atoms with van der Waals surface area (Å²) in [6.45, 7) is 27.3. The minimum absolute atomic E-state index is 0. The molecule has 12 rings (SSSR count). The van der Waals surface area contributed by atoms with E-state index in [0.29, 0.717) is 25.7 Å². The number of aryl methyl sites for hydroxylation is 7. The molecule has 0 saturated carbocycles. The zero-order chi connectivity index (χ0) is 76.2. The van der Waals surface area contributed by atoms with Crippen molar-refractivity contribution in [2.24, 2.45) is 0 Å². The summed E-state index contributed by atoms with van der Waals surface area (Å²) in [5.41, 5.74) is 17.2. The van der Waals surface area contributed by atoms with Crippen molar-refractivity contribution in [3.63, 3.8) is 0 Å². The van der Waals surface area contributed by atoms with Crippen molar-refractivity contribution in [2.75, 3.05) is 0 Å². The Bertz CT molecular complexity index is 4560. The summed E-state index contributed by atoms with van der Waals surface area (Å²) in [6.07, 6.45) is 0.638. The fourth-order valence-electron chi connectivity index (χ4n) is 10.3. The van der Waals surface area contributed by atoms with Crippen molar-refractivity contribution in [1.82, 2.24) is 39.9 Å². The Balaban J connectivity index is 0.000000632. The fraction of sp³-hybridized carbons (Fsp3) is 0.325. The van der Waals surface area contributed by atoms with Crippen LogP contribution in [0, 0.1) is 71.7 Å². The maximum absolute atomic E-state index is 13.1. The molecule has 0 spiro atoms. The second-order valence-electron chi connectivity index (χ2n) is 25.9. The van der Waals surface area contributed by atoms with Crippen LogP contribution in [0.1, 0.15) is 120 Å². The summed E-state index contributed by atoms with van der Waals surface area (Å²) < 4.78 is 52.5. The minimum Gasteiger partial charge on any atom is -0.393 e. The Labute approximate surface area is 679 Å². The van der Waals surface area contributed by atoms with E-state index >= 15 is 0 Å². The van der Waals surface area contributed by atoms with Gasteiger partial charge in [-0.3, -0.25) is 19.9 Å². The van der Waals surface area contributed by atoms with Gasteiger partial charge in [-0.2, -0.15) is 0 Å². The Kier molecular flexibility index (Phi) is 45.2. The van der Waals surface area contributed by atoms with E-state index in [9.17, 15) is 17.6 Å². The summed E-state index contributed by atoms with van der Waals surface area (Å²) in [5, 5.41) is 71.7. The first kappa shape index (κ1) is 98.1. The van der Waals surface area contributed by atoms with Gasteiger partial charge in [-0.05, 0) is 279 Å². The van der Waals surface area contributed by atoms with Crippen LogP contribution in [0.15, 0.2) is 176 Å². The second kappa shape index (κ2) is 49.3. The van der Waals surface area contributed by atoms with E-state index in [-0.39, 0.29) is 153 Å². The van der Waals surface area contributed by atoms with Crippen LogP contribution in [0.3, 0.4) is 0 Å². The van der Waals surface area contributed by atoms with E-state index in [0.717, 1.165) is 128 Å². The Morgan fingerprint density at radius 3 is 0.925 bits per heavy atom. The van der Waals surface area contributed by atoms with Gasteiger partial charge in [0.2, 0.25) is 0 Å². The van der Waals surface area contributed by atoms with E-state index in [4.69, 9.17) is 40.9 Å². The number of aliphatic hydroxyl groups excluding tert-OH is 8. The first-order valence-electron chi connectivity index (χ1n) is 34.1. The number of aromatic nitrogens is 8. The number of pyridine rings is 8. The quantitative estimate of drug-likeness (QED) is 0.0529. The second-order valence-corrected chi connectivity index (χ2v) is 25.9. The molecule has 8 heterocycles. The predicted molar refractivity (Wildman–Crippen MR) is 405 cm³/mol.